The number of H-pyrrole nitrogens is 1. The van der Waals surface area contributed by atoms with Gasteiger partial charge in [-0.15, -0.1) is 0 Å². The van der Waals surface area contributed by atoms with E-state index >= 15 is 0 Å². The van der Waals surface area contributed by atoms with Crippen LogP contribution in [0.15, 0.2) is 18.6 Å². The Morgan fingerprint density at radius 2 is 2.08 bits per heavy atom. The van der Waals surface area contributed by atoms with Gasteiger partial charge < -0.3 is 9.80 Å². The second-order valence-corrected chi connectivity index (χ2v) is 6.56. The second-order valence-electron chi connectivity index (χ2n) is 6.56. The summed E-state index contributed by atoms with van der Waals surface area (Å²) in [5.41, 5.74) is 1.65. The lowest BCUT2D eigenvalue weighted by molar-refractivity contribution is -0.120. The minimum atomic E-state index is -0.141. The largest absolute Gasteiger partial charge is 0.340 e. The average molecular weight is 326 g/mol. The minimum Gasteiger partial charge on any atom is -0.340 e. The average Bonchev–Trinajstić information content (AvgIpc) is 3.30. The highest BCUT2D eigenvalue weighted by molar-refractivity contribution is 6.04. The highest BCUT2D eigenvalue weighted by Crippen LogP contribution is 2.40. The van der Waals surface area contributed by atoms with Crippen LogP contribution in [0.2, 0.25) is 0 Å². The molecule has 126 valence electrons. The molecule has 1 aliphatic heterocycles. The summed E-state index contributed by atoms with van der Waals surface area (Å²) in [6.07, 6.45) is 10.7. The molecular formula is C17H22N6O. The molecule has 1 fully saturated rings. The van der Waals surface area contributed by atoms with Crippen molar-refractivity contribution in [1.82, 2.24) is 20.2 Å². The van der Waals surface area contributed by atoms with Crippen molar-refractivity contribution in [2.45, 2.75) is 51.1 Å². The first-order chi connectivity index (χ1) is 11.7. The first kappa shape index (κ1) is 15.1. The van der Waals surface area contributed by atoms with Crippen molar-refractivity contribution in [2.75, 3.05) is 16.8 Å². The monoisotopic (exact) mass is 326 g/mol. The number of aromatic nitrogens is 4. The number of aromatic amines is 1. The van der Waals surface area contributed by atoms with E-state index in [1.807, 2.05) is 7.05 Å². The molecule has 4 rings (SSSR count). The Kier molecular flexibility index (Phi) is 3.70. The SMILES string of the molecule is CCC1C(=O)N(C)c2cnc(-c3cn[nH]c3)nc2N1C1CCCC1. The third-order valence-corrected chi connectivity index (χ3v) is 5.17. The van der Waals surface area contributed by atoms with Gasteiger partial charge in [-0.1, -0.05) is 19.8 Å². The standard InChI is InChI=1S/C17H22N6O/c1-3-13-17(24)22(2)14-10-18-15(11-8-19-20-9-11)21-16(14)23(13)12-6-4-5-7-12/h8-10,12-13H,3-7H2,1-2H3,(H,19,20). The Bertz CT molecular complexity index is 738. The molecule has 0 saturated heterocycles. The Balaban J connectivity index is 1.84. The summed E-state index contributed by atoms with van der Waals surface area (Å²) in [5.74, 6) is 1.65. The molecule has 1 unspecified atom stereocenters. The molecule has 7 heteroatoms. The number of nitrogens with one attached hydrogen (secondary N) is 1. The summed E-state index contributed by atoms with van der Waals surface area (Å²) in [4.78, 5) is 26.0. The minimum absolute atomic E-state index is 0.136. The van der Waals surface area contributed by atoms with E-state index in [2.05, 4.69) is 27.0 Å². The number of amides is 1. The summed E-state index contributed by atoms with van der Waals surface area (Å²) in [6, 6.07) is 0.246. The van der Waals surface area contributed by atoms with Crippen LogP contribution < -0.4 is 9.80 Å². The zero-order valence-electron chi connectivity index (χ0n) is 14.1. The van der Waals surface area contributed by atoms with Gasteiger partial charge in [-0.3, -0.25) is 9.89 Å². The first-order valence-corrected chi connectivity index (χ1v) is 8.62. The lowest BCUT2D eigenvalue weighted by atomic mass is 10.0. The Labute approximate surface area is 141 Å². The molecule has 1 saturated carbocycles. The second kappa shape index (κ2) is 5.89. The van der Waals surface area contributed by atoms with Gasteiger partial charge in [-0.05, 0) is 19.3 Å². The fraction of sp³-hybridized carbons (Fsp3) is 0.529. The topological polar surface area (TPSA) is 78.0 Å². The van der Waals surface area contributed by atoms with Gasteiger partial charge in [0.1, 0.15) is 11.7 Å². The van der Waals surface area contributed by atoms with Gasteiger partial charge in [0.15, 0.2) is 11.6 Å². The van der Waals surface area contributed by atoms with Crippen LogP contribution in [0.5, 0.6) is 0 Å². The van der Waals surface area contributed by atoms with Crippen molar-refractivity contribution in [1.29, 1.82) is 0 Å². The number of anilines is 2. The van der Waals surface area contributed by atoms with E-state index in [1.165, 1.54) is 12.8 Å². The predicted octanol–water partition coefficient (Wildman–Crippen LogP) is 2.37. The van der Waals surface area contributed by atoms with Gasteiger partial charge in [0.25, 0.3) is 0 Å². The molecule has 2 aromatic heterocycles. The molecule has 2 aromatic rings. The van der Waals surface area contributed by atoms with Gasteiger partial charge in [0.05, 0.1) is 18.0 Å². The molecule has 3 heterocycles. The maximum atomic E-state index is 12.8. The number of carbonyl (C=O) groups excluding carboxylic acids is 1. The summed E-state index contributed by atoms with van der Waals surface area (Å²) >= 11 is 0. The molecule has 1 atom stereocenters. The molecule has 1 aliphatic carbocycles. The summed E-state index contributed by atoms with van der Waals surface area (Å²) in [5, 5.41) is 6.78. The van der Waals surface area contributed by atoms with E-state index in [0.717, 1.165) is 36.3 Å². The maximum Gasteiger partial charge on any atom is 0.249 e. The van der Waals surface area contributed by atoms with E-state index in [0.29, 0.717) is 11.9 Å². The number of hydrogen-bond acceptors (Lipinski definition) is 5. The normalized spacial score (nSPS) is 21.4. The van der Waals surface area contributed by atoms with Crippen LogP contribution in [-0.4, -0.2) is 45.2 Å². The molecule has 0 radical (unpaired) electrons. The number of rotatable bonds is 3. The van der Waals surface area contributed by atoms with Crippen molar-refractivity contribution in [3.8, 4) is 11.4 Å². The first-order valence-electron chi connectivity index (χ1n) is 8.62. The molecule has 0 bridgehead atoms. The molecule has 1 amide bonds. The number of likely N-dealkylation sites (N-methyl/N-ethyl adjacent to an activating group) is 1. The van der Waals surface area contributed by atoms with Crippen molar-refractivity contribution >= 4 is 17.4 Å². The smallest absolute Gasteiger partial charge is 0.249 e. The van der Waals surface area contributed by atoms with Crippen LogP contribution in [0, 0.1) is 0 Å². The number of carbonyl (C=O) groups is 1. The zero-order chi connectivity index (χ0) is 16.7. The van der Waals surface area contributed by atoms with Crippen molar-refractivity contribution in [2.24, 2.45) is 0 Å². The van der Waals surface area contributed by atoms with E-state index < -0.39 is 0 Å². The Hall–Kier alpha value is -2.44. The summed E-state index contributed by atoms with van der Waals surface area (Å²) < 4.78 is 0. The van der Waals surface area contributed by atoms with Crippen molar-refractivity contribution < 1.29 is 4.79 Å². The number of nitrogens with zero attached hydrogens (tertiary/aromatic N) is 5. The molecule has 0 aromatic carbocycles. The molecule has 24 heavy (non-hydrogen) atoms. The number of hydrogen-bond donors (Lipinski definition) is 1. The molecule has 0 spiro atoms. The molecule has 2 aliphatic rings. The van der Waals surface area contributed by atoms with Crippen molar-refractivity contribution in [3.05, 3.63) is 18.6 Å². The van der Waals surface area contributed by atoms with Crippen LogP contribution in [0.25, 0.3) is 11.4 Å². The van der Waals surface area contributed by atoms with Crippen LogP contribution in [-0.2, 0) is 4.79 Å². The molecule has 7 nitrogen and oxygen atoms in total. The quantitative estimate of drug-likeness (QED) is 0.937. The van der Waals surface area contributed by atoms with Gasteiger partial charge in [-0.2, -0.15) is 5.10 Å². The van der Waals surface area contributed by atoms with E-state index in [9.17, 15) is 4.79 Å². The van der Waals surface area contributed by atoms with Crippen LogP contribution in [0.4, 0.5) is 11.5 Å². The predicted molar refractivity (Wildman–Crippen MR) is 91.8 cm³/mol. The van der Waals surface area contributed by atoms with Gasteiger partial charge in [0.2, 0.25) is 5.91 Å². The lowest BCUT2D eigenvalue weighted by Crippen LogP contribution is -2.55. The Morgan fingerprint density at radius 1 is 1.29 bits per heavy atom. The maximum absolute atomic E-state index is 12.8. The lowest BCUT2D eigenvalue weighted by Gasteiger charge is -2.43. The van der Waals surface area contributed by atoms with Crippen LogP contribution >= 0.6 is 0 Å². The van der Waals surface area contributed by atoms with Gasteiger partial charge in [-0.25, -0.2) is 9.97 Å². The third kappa shape index (κ3) is 2.26. The van der Waals surface area contributed by atoms with Gasteiger partial charge in [0, 0.05) is 19.3 Å². The molecule has 1 N–H and O–H groups in total. The number of fused-ring (bicyclic) bond motifs is 1. The summed E-state index contributed by atoms with van der Waals surface area (Å²) in [6.45, 7) is 2.07. The van der Waals surface area contributed by atoms with E-state index in [-0.39, 0.29) is 11.9 Å². The van der Waals surface area contributed by atoms with Crippen LogP contribution in [0.3, 0.4) is 0 Å². The summed E-state index contributed by atoms with van der Waals surface area (Å²) in [7, 11) is 1.82. The third-order valence-electron chi connectivity index (χ3n) is 5.17. The van der Waals surface area contributed by atoms with E-state index in [1.54, 1.807) is 23.5 Å². The van der Waals surface area contributed by atoms with Gasteiger partial charge >= 0.3 is 0 Å². The zero-order valence-corrected chi connectivity index (χ0v) is 14.1. The van der Waals surface area contributed by atoms with Crippen molar-refractivity contribution in [3.63, 3.8) is 0 Å². The highest BCUT2D eigenvalue weighted by Gasteiger charge is 2.41. The highest BCUT2D eigenvalue weighted by atomic mass is 16.2. The van der Waals surface area contributed by atoms with Crippen LogP contribution in [0.1, 0.15) is 39.0 Å². The fourth-order valence-electron chi connectivity index (χ4n) is 3.90. The molecular weight excluding hydrogens is 304 g/mol. The Morgan fingerprint density at radius 3 is 2.75 bits per heavy atom. The fourth-order valence-corrected chi connectivity index (χ4v) is 3.90. The van der Waals surface area contributed by atoms with E-state index in [4.69, 9.17) is 4.98 Å².